The molecular weight excluding hydrogens is 341 g/mol. The normalized spacial score (nSPS) is 11.0. The van der Waals surface area contributed by atoms with Gasteiger partial charge in [0.1, 0.15) is 6.61 Å². The third-order valence-electron chi connectivity index (χ3n) is 4.08. The topological polar surface area (TPSA) is 30.5 Å². The second kappa shape index (κ2) is 9.38. The largest absolute Gasteiger partial charge is 0.493 e. The molecule has 0 amide bonds. The first-order valence-electron chi connectivity index (χ1n) is 8.65. The van der Waals surface area contributed by atoms with Crippen LogP contribution in [-0.4, -0.2) is 14.2 Å². The van der Waals surface area contributed by atoms with E-state index in [9.17, 15) is 0 Å². The Balaban J connectivity index is 1.87. The van der Waals surface area contributed by atoms with Gasteiger partial charge in [-0.05, 0) is 29.5 Å². The maximum Gasteiger partial charge on any atom is 0.169 e. The summed E-state index contributed by atoms with van der Waals surface area (Å²) in [6.45, 7) is 1.38. The number of methoxy groups -OCH3 is 1. The monoisotopic (exact) mass is 365 g/mol. The van der Waals surface area contributed by atoms with E-state index in [0.717, 1.165) is 28.9 Å². The number of benzene rings is 3. The highest BCUT2D eigenvalue weighted by Gasteiger charge is 2.13. The second-order valence-electron chi connectivity index (χ2n) is 5.92. The van der Waals surface area contributed by atoms with Crippen molar-refractivity contribution in [2.75, 3.05) is 14.2 Å². The molecule has 0 saturated heterocycles. The van der Waals surface area contributed by atoms with Crippen LogP contribution in [0.4, 0.5) is 0 Å². The molecule has 0 heterocycles. The molecule has 0 aliphatic rings. The first-order chi connectivity index (χ1) is 12.8. The number of ether oxygens (including phenoxy) is 2. The minimum atomic E-state index is 0.506. The standard InChI is InChI=1S/C22H24NO2P/c1-23-15-18-11-6-7-13-20(18)26-21-14-8-12-19(24-2)22(21)25-16-17-9-4-3-5-10-17/h3-14,23,26H,15-16H2,1-2H3. The Hall–Kier alpha value is -2.35. The first kappa shape index (κ1) is 18.4. The fraction of sp³-hybridized carbons (Fsp3) is 0.182. The van der Waals surface area contributed by atoms with E-state index in [1.807, 2.05) is 37.4 Å². The predicted molar refractivity (Wildman–Crippen MR) is 111 cm³/mol. The zero-order valence-corrected chi connectivity index (χ0v) is 16.2. The molecule has 0 aliphatic heterocycles. The van der Waals surface area contributed by atoms with Crippen molar-refractivity contribution in [3.05, 3.63) is 83.9 Å². The van der Waals surface area contributed by atoms with Crippen molar-refractivity contribution in [2.24, 2.45) is 0 Å². The lowest BCUT2D eigenvalue weighted by molar-refractivity contribution is 0.287. The van der Waals surface area contributed by atoms with E-state index in [0.29, 0.717) is 15.2 Å². The summed E-state index contributed by atoms with van der Waals surface area (Å²) >= 11 is 0. The van der Waals surface area contributed by atoms with Gasteiger partial charge in [-0.3, -0.25) is 0 Å². The lowest BCUT2D eigenvalue weighted by Crippen LogP contribution is -2.16. The van der Waals surface area contributed by atoms with Crippen LogP contribution in [-0.2, 0) is 13.2 Å². The van der Waals surface area contributed by atoms with Crippen molar-refractivity contribution in [3.8, 4) is 11.5 Å². The van der Waals surface area contributed by atoms with E-state index in [2.05, 4.69) is 47.8 Å². The third kappa shape index (κ3) is 4.63. The molecular formula is C22H24NO2P. The lowest BCUT2D eigenvalue weighted by atomic mass is 10.2. The number of hydrogen-bond donors (Lipinski definition) is 1. The van der Waals surface area contributed by atoms with Gasteiger partial charge in [0.25, 0.3) is 0 Å². The van der Waals surface area contributed by atoms with Gasteiger partial charge in [-0.25, -0.2) is 0 Å². The average molecular weight is 365 g/mol. The molecule has 0 fully saturated rings. The molecule has 3 aromatic rings. The van der Waals surface area contributed by atoms with E-state index in [4.69, 9.17) is 9.47 Å². The van der Waals surface area contributed by atoms with Crippen LogP contribution in [0.25, 0.3) is 0 Å². The number of hydrogen-bond acceptors (Lipinski definition) is 3. The van der Waals surface area contributed by atoms with Crippen LogP contribution in [0.2, 0.25) is 0 Å². The molecule has 4 heteroatoms. The highest BCUT2D eigenvalue weighted by molar-refractivity contribution is 7.55. The van der Waals surface area contributed by atoms with Gasteiger partial charge in [-0.2, -0.15) is 0 Å². The van der Waals surface area contributed by atoms with Gasteiger partial charge >= 0.3 is 0 Å². The average Bonchev–Trinajstić information content (AvgIpc) is 2.69. The van der Waals surface area contributed by atoms with Gasteiger partial charge < -0.3 is 14.8 Å². The van der Waals surface area contributed by atoms with E-state index < -0.39 is 0 Å². The Kier molecular flexibility index (Phi) is 6.65. The summed E-state index contributed by atoms with van der Waals surface area (Å²) in [5.41, 5.74) is 2.45. The Morgan fingerprint density at radius 3 is 2.35 bits per heavy atom. The zero-order valence-electron chi connectivity index (χ0n) is 15.2. The molecule has 0 radical (unpaired) electrons. The van der Waals surface area contributed by atoms with Crippen molar-refractivity contribution in [3.63, 3.8) is 0 Å². The predicted octanol–water partition coefficient (Wildman–Crippen LogP) is 3.62. The molecule has 0 aromatic heterocycles. The van der Waals surface area contributed by atoms with Gasteiger partial charge in [0.2, 0.25) is 0 Å². The summed E-state index contributed by atoms with van der Waals surface area (Å²) in [5.74, 6) is 1.61. The quantitative estimate of drug-likeness (QED) is 0.619. The highest BCUT2D eigenvalue weighted by Crippen LogP contribution is 2.30. The molecule has 0 spiro atoms. The van der Waals surface area contributed by atoms with Gasteiger partial charge in [0.05, 0.1) is 7.11 Å². The van der Waals surface area contributed by atoms with E-state index in [-0.39, 0.29) is 0 Å². The molecule has 1 atom stereocenters. The van der Waals surface area contributed by atoms with Crippen molar-refractivity contribution in [1.29, 1.82) is 0 Å². The van der Waals surface area contributed by atoms with Gasteiger partial charge in [0, 0.05) is 11.8 Å². The summed E-state index contributed by atoms with van der Waals surface area (Å²) in [4.78, 5) is 0. The lowest BCUT2D eigenvalue weighted by Gasteiger charge is -2.16. The minimum absolute atomic E-state index is 0.506. The van der Waals surface area contributed by atoms with Crippen molar-refractivity contribution >= 4 is 19.2 Å². The maximum absolute atomic E-state index is 6.18. The molecule has 0 saturated carbocycles. The van der Waals surface area contributed by atoms with Crippen LogP contribution in [0.5, 0.6) is 11.5 Å². The zero-order chi connectivity index (χ0) is 18.2. The number of rotatable bonds is 8. The smallest absolute Gasteiger partial charge is 0.169 e. The first-order valence-corrected chi connectivity index (χ1v) is 9.65. The molecule has 3 nitrogen and oxygen atoms in total. The Bertz CT molecular complexity index is 837. The molecule has 134 valence electrons. The molecule has 1 N–H and O–H groups in total. The Morgan fingerprint density at radius 1 is 0.846 bits per heavy atom. The van der Waals surface area contributed by atoms with Gasteiger partial charge in [-0.1, -0.05) is 75.3 Å². The second-order valence-corrected chi connectivity index (χ2v) is 7.25. The van der Waals surface area contributed by atoms with E-state index in [1.165, 1.54) is 10.9 Å². The van der Waals surface area contributed by atoms with E-state index >= 15 is 0 Å². The van der Waals surface area contributed by atoms with Crippen LogP contribution >= 0.6 is 8.58 Å². The molecule has 1 unspecified atom stereocenters. The van der Waals surface area contributed by atoms with Crippen LogP contribution in [0.1, 0.15) is 11.1 Å². The van der Waals surface area contributed by atoms with E-state index in [1.54, 1.807) is 7.11 Å². The summed E-state index contributed by atoms with van der Waals surface area (Å²) in [5, 5.41) is 5.72. The molecule has 3 rings (SSSR count). The maximum atomic E-state index is 6.18. The van der Waals surface area contributed by atoms with Crippen LogP contribution < -0.4 is 25.4 Å². The third-order valence-corrected chi connectivity index (χ3v) is 5.50. The summed E-state index contributed by atoms with van der Waals surface area (Å²) in [6, 6.07) is 24.8. The molecule has 0 aliphatic carbocycles. The minimum Gasteiger partial charge on any atom is -0.493 e. The number of nitrogens with one attached hydrogen (secondary N) is 1. The molecule has 26 heavy (non-hydrogen) atoms. The fourth-order valence-corrected chi connectivity index (χ4v) is 4.08. The Labute approximate surface area is 157 Å². The number of para-hydroxylation sites is 1. The van der Waals surface area contributed by atoms with Crippen LogP contribution in [0.15, 0.2) is 72.8 Å². The van der Waals surface area contributed by atoms with Crippen molar-refractivity contribution < 1.29 is 9.47 Å². The summed E-state index contributed by atoms with van der Waals surface area (Å²) in [6.07, 6.45) is 0. The molecule has 3 aromatic carbocycles. The summed E-state index contributed by atoms with van der Waals surface area (Å²) in [7, 11) is 4.17. The van der Waals surface area contributed by atoms with Crippen molar-refractivity contribution in [2.45, 2.75) is 13.2 Å². The fourth-order valence-electron chi connectivity index (χ4n) is 2.79. The Morgan fingerprint density at radius 2 is 1.58 bits per heavy atom. The van der Waals surface area contributed by atoms with Gasteiger partial charge in [0.15, 0.2) is 11.5 Å². The summed E-state index contributed by atoms with van der Waals surface area (Å²) < 4.78 is 11.7. The van der Waals surface area contributed by atoms with Crippen LogP contribution in [0.3, 0.4) is 0 Å². The highest BCUT2D eigenvalue weighted by atomic mass is 31.1. The molecule has 0 bridgehead atoms. The SMILES string of the molecule is CNCc1ccccc1Pc1cccc(OC)c1OCc1ccccc1. The van der Waals surface area contributed by atoms with Gasteiger partial charge in [-0.15, -0.1) is 0 Å². The van der Waals surface area contributed by atoms with Crippen molar-refractivity contribution in [1.82, 2.24) is 5.32 Å². The van der Waals surface area contributed by atoms with Crippen LogP contribution in [0, 0.1) is 0 Å².